The number of hydrogen-bond donors (Lipinski definition) is 1. The standard InChI is InChI=1S/C14H11F2N3O/c1-20-9-3-5-12-11(7-9)18-14(17)19(12)13-6-8(15)2-4-10(13)16/h2-7H,1H3,(H2,17,18). The monoisotopic (exact) mass is 275 g/mol. The van der Waals surface area contributed by atoms with Crippen LogP contribution in [0.1, 0.15) is 0 Å². The Bertz CT molecular complexity index is 798. The molecule has 0 aliphatic rings. The molecule has 3 rings (SSSR count). The third-order valence-electron chi connectivity index (χ3n) is 3.04. The molecule has 20 heavy (non-hydrogen) atoms. The lowest BCUT2D eigenvalue weighted by molar-refractivity contribution is 0.415. The van der Waals surface area contributed by atoms with Gasteiger partial charge in [-0.05, 0) is 24.3 Å². The van der Waals surface area contributed by atoms with E-state index in [1.165, 1.54) is 11.7 Å². The highest BCUT2D eigenvalue weighted by Crippen LogP contribution is 2.27. The minimum absolute atomic E-state index is 0.0233. The average Bonchev–Trinajstić information content (AvgIpc) is 2.76. The summed E-state index contributed by atoms with van der Waals surface area (Å²) in [5.41, 5.74) is 6.96. The first-order valence-electron chi connectivity index (χ1n) is 5.87. The van der Waals surface area contributed by atoms with Crippen LogP contribution in [0.25, 0.3) is 16.7 Å². The molecule has 1 aromatic heterocycles. The van der Waals surface area contributed by atoms with Crippen molar-refractivity contribution in [3.63, 3.8) is 0 Å². The van der Waals surface area contributed by atoms with Crippen LogP contribution >= 0.6 is 0 Å². The van der Waals surface area contributed by atoms with Gasteiger partial charge in [0.05, 0.1) is 23.8 Å². The first-order chi connectivity index (χ1) is 9.60. The van der Waals surface area contributed by atoms with Crippen molar-refractivity contribution in [3.8, 4) is 11.4 Å². The molecular formula is C14H11F2N3O. The molecule has 0 spiro atoms. The van der Waals surface area contributed by atoms with Gasteiger partial charge in [0.15, 0.2) is 0 Å². The summed E-state index contributed by atoms with van der Waals surface area (Å²) in [6.45, 7) is 0. The summed E-state index contributed by atoms with van der Waals surface area (Å²) in [6, 6.07) is 8.27. The number of nitrogen functional groups attached to an aromatic ring is 1. The van der Waals surface area contributed by atoms with Gasteiger partial charge in [0, 0.05) is 12.1 Å². The summed E-state index contributed by atoms with van der Waals surface area (Å²) < 4.78 is 33.7. The lowest BCUT2D eigenvalue weighted by atomic mass is 10.2. The molecule has 0 aliphatic carbocycles. The van der Waals surface area contributed by atoms with Gasteiger partial charge in [0.2, 0.25) is 5.95 Å². The molecule has 6 heteroatoms. The fourth-order valence-electron chi connectivity index (χ4n) is 2.12. The quantitative estimate of drug-likeness (QED) is 0.782. The highest BCUT2D eigenvalue weighted by molar-refractivity contribution is 5.82. The Morgan fingerprint density at radius 3 is 2.70 bits per heavy atom. The Hall–Kier alpha value is -2.63. The van der Waals surface area contributed by atoms with Crippen molar-refractivity contribution in [1.29, 1.82) is 0 Å². The number of nitrogens with two attached hydrogens (primary N) is 1. The SMILES string of the molecule is COc1ccc2c(c1)nc(N)n2-c1cc(F)ccc1F. The summed E-state index contributed by atoms with van der Waals surface area (Å²) >= 11 is 0. The van der Waals surface area contributed by atoms with Crippen LogP contribution in [-0.2, 0) is 0 Å². The molecule has 2 aromatic carbocycles. The molecule has 102 valence electrons. The first-order valence-corrected chi connectivity index (χ1v) is 5.87. The van der Waals surface area contributed by atoms with Crippen molar-refractivity contribution >= 4 is 17.0 Å². The molecule has 0 atom stereocenters. The molecule has 2 N–H and O–H groups in total. The zero-order valence-corrected chi connectivity index (χ0v) is 10.6. The van der Waals surface area contributed by atoms with Gasteiger partial charge in [-0.3, -0.25) is 4.57 Å². The second kappa shape index (κ2) is 4.48. The van der Waals surface area contributed by atoms with Crippen LogP contribution < -0.4 is 10.5 Å². The number of rotatable bonds is 2. The normalized spacial score (nSPS) is 10.9. The molecule has 1 heterocycles. The van der Waals surface area contributed by atoms with Gasteiger partial charge in [0.25, 0.3) is 0 Å². The predicted octanol–water partition coefficient (Wildman–Crippen LogP) is 2.89. The Morgan fingerprint density at radius 1 is 1.15 bits per heavy atom. The highest BCUT2D eigenvalue weighted by atomic mass is 19.1. The third-order valence-corrected chi connectivity index (χ3v) is 3.04. The Kier molecular flexibility index (Phi) is 2.78. The van der Waals surface area contributed by atoms with Crippen molar-refractivity contribution in [2.24, 2.45) is 0 Å². The second-order valence-electron chi connectivity index (χ2n) is 4.26. The topological polar surface area (TPSA) is 53.1 Å². The minimum atomic E-state index is -0.576. The number of imidazole rings is 1. The minimum Gasteiger partial charge on any atom is -0.497 e. The fourth-order valence-corrected chi connectivity index (χ4v) is 2.12. The van der Waals surface area contributed by atoms with E-state index in [1.807, 2.05) is 0 Å². The van der Waals surface area contributed by atoms with E-state index < -0.39 is 11.6 Å². The van der Waals surface area contributed by atoms with E-state index in [0.717, 1.165) is 18.2 Å². The van der Waals surface area contributed by atoms with E-state index in [9.17, 15) is 8.78 Å². The van der Waals surface area contributed by atoms with Crippen molar-refractivity contribution in [2.45, 2.75) is 0 Å². The van der Waals surface area contributed by atoms with Crippen molar-refractivity contribution in [1.82, 2.24) is 9.55 Å². The number of fused-ring (bicyclic) bond motifs is 1. The van der Waals surface area contributed by atoms with E-state index >= 15 is 0 Å². The third kappa shape index (κ3) is 1.85. The van der Waals surface area contributed by atoms with Gasteiger partial charge in [-0.2, -0.15) is 0 Å². The predicted molar refractivity (Wildman–Crippen MR) is 72.0 cm³/mol. The number of methoxy groups -OCH3 is 1. The number of nitrogens with zero attached hydrogens (tertiary/aromatic N) is 2. The van der Waals surface area contributed by atoms with E-state index in [2.05, 4.69) is 4.98 Å². The molecule has 0 radical (unpaired) electrons. The Balaban J connectivity index is 2.30. The maximum absolute atomic E-state index is 13.9. The number of aromatic nitrogens is 2. The average molecular weight is 275 g/mol. The van der Waals surface area contributed by atoms with E-state index in [4.69, 9.17) is 10.5 Å². The molecule has 0 amide bonds. The molecule has 4 nitrogen and oxygen atoms in total. The lowest BCUT2D eigenvalue weighted by Gasteiger charge is -2.08. The zero-order chi connectivity index (χ0) is 14.3. The van der Waals surface area contributed by atoms with Crippen LogP contribution in [-0.4, -0.2) is 16.7 Å². The van der Waals surface area contributed by atoms with E-state index in [0.29, 0.717) is 16.8 Å². The molecule has 3 aromatic rings. The molecule has 0 bridgehead atoms. The van der Waals surface area contributed by atoms with Crippen LogP contribution in [0, 0.1) is 11.6 Å². The molecule has 0 fully saturated rings. The van der Waals surface area contributed by atoms with E-state index in [-0.39, 0.29) is 11.6 Å². The van der Waals surface area contributed by atoms with Crippen LogP contribution in [0.2, 0.25) is 0 Å². The molecular weight excluding hydrogens is 264 g/mol. The molecule has 0 unspecified atom stereocenters. The summed E-state index contributed by atoms with van der Waals surface area (Å²) in [7, 11) is 1.54. The zero-order valence-electron chi connectivity index (χ0n) is 10.6. The summed E-state index contributed by atoms with van der Waals surface area (Å²) in [5, 5.41) is 0. The highest BCUT2D eigenvalue weighted by Gasteiger charge is 2.14. The van der Waals surface area contributed by atoms with Gasteiger partial charge in [0.1, 0.15) is 17.4 Å². The van der Waals surface area contributed by atoms with Gasteiger partial charge < -0.3 is 10.5 Å². The van der Waals surface area contributed by atoms with Crippen molar-refractivity contribution in [3.05, 3.63) is 48.0 Å². The molecule has 0 aliphatic heterocycles. The van der Waals surface area contributed by atoms with Crippen LogP contribution in [0.15, 0.2) is 36.4 Å². The summed E-state index contributed by atoms with van der Waals surface area (Å²) in [5.74, 6) is -0.427. The van der Waals surface area contributed by atoms with Crippen LogP contribution in [0.4, 0.5) is 14.7 Å². The van der Waals surface area contributed by atoms with Crippen molar-refractivity contribution < 1.29 is 13.5 Å². The number of anilines is 1. The first kappa shape index (κ1) is 12.4. The summed E-state index contributed by atoms with van der Waals surface area (Å²) in [4.78, 5) is 4.14. The fraction of sp³-hybridized carbons (Fsp3) is 0.0714. The van der Waals surface area contributed by atoms with Gasteiger partial charge in [-0.25, -0.2) is 13.8 Å². The van der Waals surface area contributed by atoms with Gasteiger partial charge >= 0.3 is 0 Å². The smallest absolute Gasteiger partial charge is 0.206 e. The Morgan fingerprint density at radius 2 is 1.95 bits per heavy atom. The van der Waals surface area contributed by atoms with Gasteiger partial charge in [-0.15, -0.1) is 0 Å². The number of hydrogen-bond acceptors (Lipinski definition) is 3. The number of benzene rings is 2. The maximum Gasteiger partial charge on any atom is 0.206 e. The van der Waals surface area contributed by atoms with Crippen LogP contribution in [0.3, 0.4) is 0 Å². The summed E-state index contributed by atoms with van der Waals surface area (Å²) in [6.07, 6.45) is 0. The number of halogens is 2. The lowest BCUT2D eigenvalue weighted by Crippen LogP contribution is -2.03. The van der Waals surface area contributed by atoms with E-state index in [1.54, 1.807) is 18.2 Å². The molecule has 0 saturated carbocycles. The Labute approximate surface area is 113 Å². The second-order valence-corrected chi connectivity index (χ2v) is 4.26. The maximum atomic E-state index is 13.9. The number of ether oxygens (including phenoxy) is 1. The largest absolute Gasteiger partial charge is 0.497 e. The van der Waals surface area contributed by atoms with Gasteiger partial charge in [-0.1, -0.05) is 0 Å². The molecule has 0 saturated heterocycles. The van der Waals surface area contributed by atoms with Crippen LogP contribution in [0.5, 0.6) is 5.75 Å². The van der Waals surface area contributed by atoms with Crippen molar-refractivity contribution in [2.75, 3.05) is 12.8 Å².